The predicted molar refractivity (Wildman–Crippen MR) is 80.1 cm³/mol. The Bertz CT molecular complexity index is 328. The second-order valence-corrected chi connectivity index (χ2v) is 7.35. The van der Waals surface area contributed by atoms with E-state index in [0.717, 1.165) is 19.0 Å². The van der Waals surface area contributed by atoms with Crippen molar-refractivity contribution >= 4 is 23.1 Å². The molecule has 0 aromatic carbocycles. The van der Waals surface area contributed by atoms with Crippen LogP contribution in [0.3, 0.4) is 0 Å². The Labute approximate surface area is 114 Å². The highest BCUT2D eigenvalue weighted by Gasteiger charge is 2.17. The normalized spacial score (nSPS) is 13.9. The van der Waals surface area contributed by atoms with E-state index in [1.54, 1.807) is 11.3 Å². The minimum atomic E-state index is 0.176. The Morgan fingerprint density at radius 1 is 1.47 bits per heavy atom. The van der Waals surface area contributed by atoms with Crippen molar-refractivity contribution in [3.8, 4) is 0 Å². The van der Waals surface area contributed by atoms with Crippen LogP contribution in [-0.2, 0) is 12.0 Å². The van der Waals surface area contributed by atoms with E-state index in [4.69, 9.17) is 0 Å². The van der Waals surface area contributed by atoms with Crippen LogP contribution < -0.4 is 5.32 Å². The van der Waals surface area contributed by atoms with Gasteiger partial charge < -0.3 is 5.32 Å². The molecule has 1 atom stereocenters. The molecule has 17 heavy (non-hydrogen) atoms. The second-order valence-electron chi connectivity index (χ2n) is 5.59. The molecule has 1 aromatic rings. The molecule has 2 nitrogen and oxygen atoms in total. The third-order valence-corrected chi connectivity index (χ3v) is 4.66. The summed E-state index contributed by atoms with van der Waals surface area (Å²) in [7, 11) is 0. The molecule has 1 heterocycles. The van der Waals surface area contributed by atoms with Crippen molar-refractivity contribution in [2.24, 2.45) is 5.92 Å². The molecule has 0 aliphatic carbocycles. The summed E-state index contributed by atoms with van der Waals surface area (Å²) in [6, 6.07) is 0. The van der Waals surface area contributed by atoms with Gasteiger partial charge in [0.05, 0.1) is 10.7 Å². The van der Waals surface area contributed by atoms with E-state index in [1.807, 2.05) is 11.8 Å². The molecule has 1 unspecified atom stereocenters. The van der Waals surface area contributed by atoms with Crippen LogP contribution in [0, 0.1) is 5.92 Å². The highest BCUT2D eigenvalue weighted by atomic mass is 32.2. The minimum Gasteiger partial charge on any atom is -0.311 e. The topological polar surface area (TPSA) is 24.9 Å². The molecule has 1 N–H and O–H groups in total. The number of nitrogens with zero attached hydrogens (tertiary/aromatic N) is 1. The molecule has 0 aliphatic rings. The smallest absolute Gasteiger partial charge is 0.0982 e. The fourth-order valence-electron chi connectivity index (χ4n) is 1.52. The van der Waals surface area contributed by atoms with Gasteiger partial charge in [0.15, 0.2) is 0 Å². The van der Waals surface area contributed by atoms with Crippen molar-refractivity contribution < 1.29 is 0 Å². The second kappa shape index (κ2) is 6.76. The summed E-state index contributed by atoms with van der Waals surface area (Å²) < 4.78 is 0. The number of hydrogen-bond donors (Lipinski definition) is 1. The van der Waals surface area contributed by atoms with Crippen LogP contribution in [0.25, 0.3) is 0 Å². The zero-order chi connectivity index (χ0) is 12.9. The summed E-state index contributed by atoms with van der Waals surface area (Å²) in [6.07, 6.45) is 2.16. The van der Waals surface area contributed by atoms with Gasteiger partial charge in [0, 0.05) is 17.3 Å². The molecule has 0 spiro atoms. The van der Waals surface area contributed by atoms with E-state index < -0.39 is 0 Å². The third-order valence-electron chi connectivity index (χ3n) is 2.44. The predicted octanol–water partition coefficient (Wildman–Crippen LogP) is 3.53. The summed E-state index contributed by atoms with van der Waals surface area (Å²) in [5, 5.41) is 6.88. The molecular weight excluding hydrogens is 248 g/mol. The first-order valence-electron chi connectivity index (χ1n) is 6.08. The van der Waals surface area contributed by atoms with Crippen LogP contribution in [0.2, 0.25) is 0 Å². The van der Waals surface area contributed by atoms with Gasteiger partial charge in [0.1, 0.15) is 0 Å². The van der Waals surface area contributed by atoms with Gasteiger partial charge in [-0.1, -0.05) is 27.7 Å². The average Bonchev–Trinajstić information content (AvgIpc) is 2.66. The maximum atomic E-state index is 4.68. The van der Waals surface area contributed by atoms with Crippen LogP contribution in [-0.4, -0.2) is 23.5 Å². The Balaban J connectivity index is 2.35. The average molecular weight is 272 g/mol. The van der Waals surface area contributed by atoms with E-state index in [-0.39, 0.29) is 5.41 Å². The molecule has 0 aliphatic heterocycles. The molecule has 0 saturated heterocycles. The van der Waals surface area contributed by atoms with Crippen LogP contribution in [0.1, 0.15) is 38.4 Å². The Morgan fingerprint density at radius 2 is 2.18 bits per heavy atom. The fraction of sp³-hybridized carbons (Fsp3) is 0.769. The van der Waals surface area contributed by atoms with Gasteiger partial charge in [-0.25, -0.2) is 4.98 Å². The molecule has 0 saturated carbocycles. The maximum absolute atomic E-state index is 4.68. The zero-order valence-corrected chi connectivity index (χ0v) is 13.2. The first-order chi connectivity index (χ1) is 7.93. The lowest BCUT2D eigenvalue weighted by Crippen LogP contribution is -2.22. The Kier molecular flexibility index (Phi) is 5.97. The number of thioether (sulfide) groups is 1. The molecule has 0 radical (unpaired) electrons. The lowest BCUT2D eigenvalue weighted by atomic mass is 9.98. The van der Waals surface area contributed by atoms with Gasteiger partial charge in [-0.3, -0.25) is 0 Å². The number of hydrogen-bond acceptors (Lipinski definition) is 4. The van der Waals surface area contributed by atoms with Crippen LogP contribution in [0.4, 0.5) is 0 Å². The third kappa shape index (κ3) is 5.40. The highest BCUT2D eigenvalue weighted by molar-refractivity contribution is 7.98. The van der Waals surface area contributed by atoms with Gasteiger partial charge in [-0.2, -0.15) is 11.8 Å². The standard InChI is InChI=1S/C13H24N2S2/c1-10(8-16-5)6-14-7-11-9-17-12(15-11)13(2,3)4/h9-10,14H,6-8H2,1-5H3. The van der Waals surface area contributed by atoms with Crippen molar-refractivity contribution in [1.82, 2.24) is 10.3 Å². The first-order valence-corrected chi connectivity index (χ1v) is 8.35. The van der Waals surface area contributed by atoms with E-state index in [2.05, 4.69) is 49.6 Å². The highest BCUT2D eigenvalue weighted by Crippen LogP contribution is 2.25. The van der Waals surface area contributed by atoms with Gasteiger partial charge in [-0.05, 0) is 24.5 Å². The largest absolute Gasteiger partial charge is 0.311 e. The van der Waals surface area contributed by atoms with Crippen molar-refractivity contribution in [3.05, 3.63) is 16.1 Å². The van der Waals surface area contributed by atoms with Crippen molar-refractivity contribution in [3.63, 3.8) is 0 Å². The lowest BCUT2D eigenvalue weighted by molar-refractivity contribution is 0.549. The SMILES string of the molecule is CSCC(C)CNCc1csc(C(C)(C)C)n1. The number of thiazole rings is 1. The molecule has 1 aromatic heterocycles. The quantitative estimate of drug-likeness (QED) is 0.857. The molecule has 0 bridgehead atoms. The van der Waals surface area contributed by atoms with Crippen molar-refractivity contribution in [2.45, 2.75) is 39.7 Å². The van der Waals surface area contributed by atoms with E-state index in [1.165, 1.54) is 16.5 Å². The van der Waals surface area contributed by atoms with Crippen molar-refractivity contribution in [1.29, 1.82) is 0 Å². The first kappa shape index (κ1) is 15.0. The molecule has 98 valence electrons. The van der Waals surface area contributed by atoms with Gasteiger partial charge in [-0.15, -0.1) is 11.3 Å². The summed E-state index contributed by atoms with van der Waals surface area (Å²) in [5.41, 5.74) is 1.35. The van der Waals surface area contributed by atoms with Crippen LogP contribution in [0.5, 0.6) is 0 Å². The lowest BCUT2D eigenvalue weighted by Gasteiger charge is -2.13. The van der Waals surface area contributed by atoms with E-state index >= 15 is 0 Å². The van der Waals surface area contributed by atoms with E-state index in [9.17, 15) is 0 Å². The minimum absolute atomic E-state index is 0.176. The summed E-state index contributed by atoms with van der Waals surface area (Å²) >= 11 is 3.68. The van der Waals surface area contributed by atoms with Crippen LogP contribution in [0.15, 0.2) is 5.38 Å². The fourth-order valence-corrected chi connectivity index (χ4v) is 3.12. The summed E-state index contributed by atoms with van der Waals surface area (Å²) in [6.45, 7) is 10.9. The van der Waals surface area contributed by atoms with Crippen molar-refractivity contribution in [2.75, 3.05) is 18.6 Å². The number of rotatable bonds is 6. The number of aromatic nitrogens is 1. The Hall–Kier alpha value is -0.0600. The van der Waals surface area contributed by atoms with Gasteiger partial charge in [0.25, 0.3) is 0 Å². The molecule has 4 heteroatoms. The molecule has 1 rings (SSSR count). The van der Waals surface area contributed by atoms with Crippen LogP contribution >= 0.6 is 23.1 Å². The monoisotopic (exact) mass is 272 g/mol. The Morgan fingerprint density at radius 3 is 2.71 bits per heavy atom. The molecule has 0 amide bonds. The van der Waals surface area contributed by atoms with Gasteiger partial charge in [0.2, 0.25) is 0 Å². The molecular formula is C13H24N2S2. The van der Waals surface area contributed by atoms with Gasteiger partial charge >= 0.3 is 0 Å². The van der Waals surface area contributed by atoms with E-state index in [0.29, 0.717) is 0 Å². The molecule has 0 fully saturated rings. The number of nitrogens with one attached hydrogen (secondary N) is 1. The maximum Gasteiger partial charge on any atom is 0.0982 e. The summed E-state index contributed by atoms with van der Waals surface area (Å²) in [4.78, 5) is 4.68. The summed E-state index contributed by atoms with van der Waals surface area (Å²) in [5.74, 6) is 1.95. The zero-order valence-electron chi connectivity index (χ0n) is 11.5.